The van der Waals surface area contributed by atoms with Gasteiger partial charge < -0.3 is 10.7 Å². The SMILES string of the molecule is CCC(=O)CCCCCC(N)c1[nH]c(-c2ccc(F)cc2)nc1Cl.Cl. The number of ketones is 1. The Bertz CT molecular complexity index is 673. The van der Waals surface area contributed by atoms with Crippen LogP contribution in [0.25, 0.3) is 11.4 Å². The van der Waals surface area contributed by atoms with E-state index in [4.69, 9.17) is 17.3 Å². The first-order valence-electron chi connectivity index (χ1n) is 8.30. The van der Waals surface area contributed by atoms with Crippen molar-refractivity contribution in [3.63, 3.8) is 0 Å². The largest absolute Gasteiger partial charge is 0.339 e. The quantitative estimate of drug-likeness (QED) is 0.579. The number of carbonyl (C=O) groups is 1. The molecular weight excluding hydrogens is 364 g/mol. The number of benzene rings is 1. The molecule has 3 N–H and O–H groups in total. The molecule has 1 atom stereocenters. The Labute approximate surface area is 158 Å². The van der Waals surface area contributed by atoms with Crippen LogP contribution in [0.4, 0.5) is 4.39 Å². The zero-order chi connectivity index (χ0) is 17.5. The third-order valence-corrected chi connectivity index (χ3v) is 4.33. The zero-order valence-corrected chi connectivity index (χ0v) is 15.8. The number of carbonyl (C=O) groups excluding carboxylic acids is 1. The van der Waals surface area contributed by atoms with Gasteiger partial charge in [-0.2, -0.15) is 0 Å². The van der Waals surface area contributed by atoms with E-state index in [-0.39, 0.29) is 24.3 Å². The Kier molecular flexibility index (Phi) is 9.11. The molecule has 0 aliphatic carbocycles. The van der Waals surface area contributed by atoms with Crippen LogP contribution in [0.1, 0.15) is 57.2 Å². The number of H-pyrrole nitrogens is 1. The van der Waals surface area contributed by atoms with Crippen LogP contribution in [0.2, 0.25) is 5.15 Å². The van der Waals surface area contributed by atoms with E-state index in [1.807, 2.05) is 6.92 Å². The third-order valence-electron chi connectivity index (χ3n) is 4.04. The number of nitrogens with two attached hydrogens (primary N) is 1. The molecular formula is C18H24Cl2FN3O. The second kappa shape index (κ2) is 10.5. The van der Waals surface area contributed by atoms with Gasteiger partial charge in [-0.3, -0.25) is 4.79 Å². The molecule has 1 aromatic carbocycles. The van der Waals surface area contributed by atoms with Gasteiger partial charge in [-0.05, 0) is 37.1 Å². The molecule has 138 valence electrons. The van der Waals surface area contributed by atoms with E-state index in [1.54, 1.807) is 12.1 Å². The van der Waals surface area contributed by atoms with Gasteiger partial charge in [0.2, 0.25) is 0 Å². The molecule has 2 rings (SSSR count). The van der Waals surface area contributed by atoms with Crippen LogP contribution < -0.4 is 5.73 Å². The maximum atomic E-state index is 13.0. The van der Waals surface area contributed by atoms with Gasteiger partial charge in [-0.25, -0.2) is 9.37 Å². The Morgan fingerprint density at radius 3 is 2.60 bits per heavy atom. The van der Waals surface area contributed by atoms with E-state index in [0.29, 0.717) is 35.3 Å². The summed E-state index contributed by atoms with van der Waals surface area (Å²) in [6.07, 6.45) is 4.82. The lowest BCUT2D eigenvalue weighted by Gasteiger charge is -2.09. The van der Waals surface area contributed by atoms with E-state index < -0.39 is 0 Å². The lowest BCUT2D eigenvalue weighted by molar-refractivity contribution is -0.118. The molecule has 4 nitrogen and oxygen atoms in total. The second-order valence-corrected chi connectivity index (χ2v) is 6.25. The first kappa shape index (κ1) is 21.6. The molecule has 0 aliphatic heterocycles. The molecule has 0 aliphatic rings. The molecule has 0 bridgehead atoms. The minimum Gasteiger partial charge on any atom is -0.339 e. The Morgan fingerprint density at radius 2 is 1.96 bits per heavy atom. The molecule has 7 heteroatoms. The lowest BCUT2D eigenvalue weighted by atomic mass is 10.0. The number of aromatic amines is 1. The van der Waals surface area contributed by atoms with Crippen molar-refractivity contribution >= 4 is 29.8 Å². The fourth-order valence-corrected chi connectivity index (χ4v) is 2.81. The van der Waals surface area contributed by atoms with Crippen LogP contribution in [-0.4, -0.2) is 15.8 Å². The van der Waals surface area contributed by atoms with Gasteiger partial charge in [0, 0.05) is 24.4 Å². The van der Waals surface area contributed by atoms with E-state index in [0.717, 1.165) is 31.2 Å². The van der Waals surface area contributed by atoms with Crippen molar-refractivity contribution in [2.45, 2.75) is 51.5 Å². The highest BCUT2D eigenvalue weighted by atomic mass is 35.5. The standard InChI is InChI=1S/C18H23ClFN3O.ClH/c1-2-14(24)6-4-3-5-7-15(21)16-17(19)23-18(22-16)12-8-10-13(20)11-9-12;/h8-11,15H,2-7,21H2,1H3,(H,22,23);1H. The Hall–Kier alpha value is -1.43. The average molecular weight is 388 g/mol. The predicted molar refractivity (Wildman–Crippen MR) is 102 cm³/mol. The molecule has 0 fully saturated rings. The molecule has 1 heterocycles. The Morgan fingerprint density at radius 1 is 1.28 bits per heavy atom. The summed E-state index contributed by atoms with van der Waals surface area (Å²) in [5.41, 5.74) is 7.65. The number of rotatable bonds is 9. The van der Waals surface area contributed by atoms with Crippen LogP contribution in [0.3, 0.4) is 0 Å². The van der Waals surface area contributed by atoms with Crippen LogP contribution in [0, 0.1) is 5.82 Å². The predicted octanol–water partition coefficient (Wildman–Crippen LogP) is 5.22. The van der Waals surface area contributed by atoms with E-state index in [9.17, 15) is 9.18 Å². The fraction of sp³-hybridized carbons (Fsp3) is 0.444. The van der Waals surface area contributed by atoms with Crippen LogP contribution in [0.15, 0.2) is 24.3 Å². The van der Waals surface area contributed by atoms with Crippen molar-refractivity contribution in [1.82, 2.24) is 9.97 Å². The third kappa shape index (κ3) is 6.42. The van der Waals surface area contributed by atoms with Gasteiger partial charge in [-0.15, -0.1) is 12.4 Å². The number of halogens is 3. The molecule has 25 heavy (non-hydrogen) atoms. The van der Waals surface area contributed by atoms with Crippen molar-refractivity contribution in [2.24, 2.45) is 5.73 Å². The summed E-state index contributed by atoms with van der Waals surface area (Å²) in [6, 6.07) is 5.81. The molecule has 1 aromatic heterocycles. The lowest BCUT2D eigenvalue weighted by Crippen LogP contribution is -2.11. The van der Waals surface area contributed by atoms with E-state index in [2.05, 4.69) is 9.97 Å². The Balaban J connectivity index is 0.00000312. The average Bonchev–Trinajstić information content (AvgIpc) is 2.96. The van der Waals surface area contributed by atoms with Crippen molar-refractivity contribution < 1.29 is 9.18 Å². The van der Waals surface area contributed by atoms with Gasteiger partial charge in [0.1, 0.15) is 17.4 Å². The van der Waals surface area contributed by atoms with Crippen molar-refractivity contribution in [2.75, 3.05) is 0 Å². The number of hydrogen-bond acceptors (Lipinski definition) is 3. The maximum Gasteiger partial charge on any atom is 0.152 e. The second-order valence-electron chi connectivity index (χ2n) is 5.89. The number of nitrogens with one attached hydrogen (secondary N) is 1. The van der Waals surface area contributed by atoms with Crippen LogP contribution in [0.5, 0.6) is 0 Å². The number of unbranched alkanes of at least 4 members (excludes halogenated alkanes) is 2. The molecule has 0 saturated heterocycles. The molecule has 0 radical (unpaired) electrons. The summed E-state index contributed by atoms with van der Waals surface area (Å²) in [4.78, 5) is 18.7. The summed E-state index contributed by atoms with van der Waals surface area (Å²) < 4.78 is 13.0. The van der Waals surface area contributed by atoms with Gasteiger partial charge in [-0.1, -0.05) is 31.4 Å². The number of aromatic nitrogens is 2. The highest BCUT2D eigenvalue weighted by Crippen LogP contribution is 2.27. The highest BCUT2D eigenvalue weighted by molar-refractivity contribution is 6.30. The van der Waals surface area contributed by atoms with E-state index >= 15 is 0 Å². The minimum absolute atomic E-state index is 0. The van der Waals surface area contributed by atoms with Gasteiger partial charge in [0.25, 0.3) is 0 Å². The summed E-state index contributed by atoms with van der Waals surface area (Å²) in [7, 11) is 0. The van der Waals surface area contributed by atoms with Crippen LogP contribution in [-0.2, 0) is 4.79 Å². The van der Waals surface area contributed by atoms with Crippen molar-refractivity contribution in [3.05, 3.63) is 40.9 Å². The monoisotopic (exact) mass is 387 g/mol. The topological polar surface area (TPSA) is 71.8 Å². The summed E-state index contributed by atoms with van der Waals surface area (Å²) in [5.74, 6) is 0.591. The fourth-order valence-electron chi connectivity index (χ4n) is 2.54. The number of hydrogen-bond donors (Lipinski definition) is 2. The minimum atomic E-state index is -0.296. The normalized spacial score (nSPS) is 11.8. The number of nitrogens with zero attached hydrogens (tertiary/aromatic N) is 1. The molecule has 0 saturated carbocycles. The van der Waals surface area contributed by atoms with Crippen molar-refractivity contribution in [3.8, 4) is 11.4 Å². The number of imidazole rings is 1. The van der Waals surface area contributed by atoms with Gasteiger partial charge in [0.15, 0.2) is 5.15 Å². The zero-order valence-electron chi connectivity index (χ0n) is 14.2. The molecule has 1 unspecified atom stereocenters. The summed E-state index contributed by atoms with van der Waals surface area (Å²) in [6.45, 7) is 1.89. The highest BCUT2D eigenvalue weighted by Gasteiger charge is 2.16. The summed E-state index contributed by atoms with van der Waals surface area (Å²) >= 11 is 6.18. The van der Waals surface area contributed by atoms with Crippen LogP contribution >= 0.6 is 24.0 Å². The molecule has 2 aromatic rings. The van der Waals surface area contributed by atoms with Gasteiger partial charge >= 0.3 is 0 Å². The molecule has 0 amide bonds. The maximum absolute atomic E-state index is 13.0. The van der Waals surface area contributed by atoms with Crippen molar-refractivity contribution in [1.29, 1.82) is 0 Å². The van der Waals surface area contributed by atoms with E-state index in [1.165, 1.54) is 12.1 Å². The first-order chi connectivity index (χ1) is 11.5. The molecule has 0 spiro atoms. The summed E-state index contributed by atoms with van der Waals surface area (Å²) in [5, 5.41) is 0.350. The van der Waals surface area contributed by atoms with Gasteiger partial charge in [0.05, 0.1) is 5.69 Å². The first-order valence-corrected chi connectivity index (χ1v) is 8.67. The number of Topliss-reactive ketones (excluding diaryl/α,β-unsaturated/α-hetero) is 1. The smallest absolute Gasteiger partial charge is 0.152 e.